The minimum atomic E-state index is -1.25. The number of rotatable bonds is 9. The standard InChI is InChI=1S/C26H28B2N4O10/c29-22(33)8-17(9-23(34)35)30-25(37)21-7-18(31-24(36)13-1-3-15-11-41-27(39)19(15)5-13)10-32(21)26(38)14-2-4-16-12-42-28(40)20(16)6-14/h1-6,17-18,21,39-40H,7-12H2,(H2,29,33)(H,30,37)(H,31,36)(H,34,35)/t17-,18+,21-/m0/s1. The molecule has 0 saturated carbocycles. The maximum absolute atomic E-state index is 13.7. The normalized spacial score (nSPS) is 19.7. The van der Waals surface area contributed by atoms with Crippen LogP contribution in [0.3, 0.4) is 0 Å². The lowest BCUT2D eigenvalue weighted by molar-refractivity contribution is -0.138. The Bertz CT molecular complexity index is 1440. The monoisotopic (exact) mass is 578 g/mol. The number of carbonyl (C=O) groups is 5. The van der Waals surface area contributed by atoms with Gasteiger partial charge in [-0.15, -0.1) is 0 Å². The van der Waals surface area contributed by atoms with Crippen molar-refractivity contribution in [2.45, 2.75) is 50.6 Å². The number of fused-ring (bicyclic) bond motifs is 2. The fourth-order valence-corrected chi connectivity index (χ4v) is 5.48. The first kappa shape index (κ1) is 29.3. The first-order valence-corrected chi connectivity index (χ1v) is 13.3. The van der Waals surface area contributed by atoms with Crippen LogP contribution in [0.1, 0.15) is 51.1 Å². The summed E-state index contributed by atoms with van der Waals surface area (Å²) in [5.41, 5.74) is 8.03. The molecule has 7 N–H and O–H groups in total. The molecule has 0 aromatic heterocycles. The number of primary amides is 1. The van der Waals surface area contributed by atoms with Crippen molar-refractivity contribution >= 4 is 54.8 Å². The number of carboxylic acid groups (broad SMARTS) is 1. The Labute approximate surface area is 240 Å². The van der Waals surface area contributed by atoms with Crippen LogP contribution < -0.4 is 27.3 Å². The first-order chi connectivity index (χ1) is 20.0. The highest BCUT2D eigenvalue weighted by Crippen LogP contribution is 2.23. The molecule has 2 aromatic carbocycles. The lowest BCUT2D eigenvalue weighted by Gasteiger charge is -2.26. The SMILES string of the molecule is NC(=O)C[C@@H](CC(=O)O)NC(=O)[C@@H]1C[C@@H](NC(=O)c2ccc3c(c2)B(O)OC3)CN1C(=O)c1ccc2c(c1)B(O)OC2. The lowest BCUT2D eigenvalue weighted by Crippen LogP contribution is -2.50. The molecule has 1 fully saturated rings. The number of carbonyl (C=O) groups excluding carboxylic acids is 4. The average Bonchev–Trinajstić information content (AvgIpc) is 3.64. The minimum absolute atomic E-state index is 0.00691. The molecule has 3 heterocycles. The van der Waals surface area contributed by atoms with Crippen molar-refractivity contribution < 1.29 is 48.4 Å². The fourth-order valence-electron chi connectivity index (χ4n) is 5.48. The van der Waals surface area contributed by atoms with E-state index in [-0.39, 0.29) is 37.3 Å². The second kappa shape index (κ2) is 11.9. The number of amides is 4. The summed E-state index contributed by atoms with van der Waals surface area (Å²) in [6, 6.07) is 6.53. The van der Waals surface area contributed by atoms with E-state index in [0.717, 1.165) is 5.56 Å². The summed E-state index contributed by atoms with van der Waals surface area (Å²) in [6.07, 6.45) is -0.991. The smallest absolute Gasteiger partial charge is 0.481 e. The topological polar surface area (TPSA) is 218 Å². The number of likely N-dealkylation sites (tertiary alicyclic amines) is 1. The molecule has 42 heavy (non-hydrogen) atoms. The zero-order chi connectivity index (χ0) is 30.1. The van der Waals surface area contributed by atoms with Crippen LogP contribution in [0.2, 0.25) is 0 Å². The summed E-state index contributed by atoms with van der Waals surface area (Å²) in [5.74, 6) is -3.83. The Morgan fingerprint density at radius 2 is 1.55 bits per heavy atom. The van der Waals surface area contributed by atoms with E-state index in [0.29, 0.717) is 16.5 Å². The van der Waals surface area contributed by atoms with Crippen molar-refractivity contribution in [2.75, 3.05) is 6.54 Å². The third-order valence-electron chi connectivity index (χ3n) is 7.54. The summed E-state index contributed by atoms with van der Waals surface area (Å²) in [5, 5.41) is 34.6. The van der Waals surface area contributed by atoms with E-state index in [1.807, 2.05) is 0 Å². The van der Waals surface area contributed by atoms with Gasteiger partial charge >= 0.3 is 20.2 Å². The van der Waals surface area contributed by atoms with Gasteiger partial charge in [0, 0.05) is 36.2 Å². The Hall–Kier alpha value is -4.24. The molecule has 0 bridgehead atoms. The van der Waals surface area contributed by atoms with Crippen LogP contribution in [-0.2, 0) is 36.9 Å². The van der Waals surface area contributed by atoms with E-state index in [9.17, 15) is 39.1 Å². The summed E-state index contributed by atoms with van der Waals surface area (Å²) in [4.78, 5) is 64.2. The van der Waals surface area contributed by atoms with Gasteiger partial charge in [0.05, 0.1) is 19.6 Å². The first-order valence-electron chi connectivity index (χ1n) is 13.3. The van der Waals surface area contributed by atoms with Crippen LogP contribution >= 0.6 is 0 Å². The molecule has 3 aliphatic rings. The largest absolute Gasteiger partial charge is 0.491 e. The van der Waals surface area contributed by atoms with Gasteiger partial charge in [-0.1, -0.05) is 12.1 Å². The van der Waals surface area contributed by atoms with Crippen LogP contribution in [0.15, 0.2) is 36.4 Å². The van der Waals surface area contributed by atoms with Gasteiger partial charge < -0.3 is 45.7 Å². The van der Waals surface area contributed by atoms with E-state index >= 15 is 0 Å². The summed E-state index contributed by atoms with van der Waals surface area (Å²) in [6.45, 7) is 0.346. The number of nitrogens with zero attached hydrogens (tertiary/aromatic N) is 1. The molecule has 16 heteroatoms. The van der Waals surface area contributed by atoms with Gasteiger partial charge in [-0.05, 0) is 52.7 Å². The molecule has 4 amide bonds. The van der Waals surface area contributed by atoms with Crippen molar-refractivity contribution in [3.63, 3.8) is 0 Å². The Morgan fingerprint density at radius 3 is 2.14 bits per heavy atom. The molecule has 1 saturated heterocycles. The van der Waals surface area contributed by atoms with Crippen molar-refractivity contribution in [2.24, 2.45) is 5.73 Å². The predicted octanol–water partition coefficient (Wildman–Crippen LogP) is -3.03. The van der Waals surface area contributed by atoms with E-state index in [1.165, 1.54) is 17.0 Å². The van der Waals surface area contributed by atoms with Gasteiger partial charge in [0.15, 0.2) is 0 Å². The number of hydrogen-bond acceptors (Lipinski definition) is 9. The van der Waals surface area contributed by atoms with E-state index in [2.05, 4.69) is 10.6 Å². The van der Waals surface area contributed by atoms with E-state index < -0.39 is 74.8 Å². The van der Waals surface area contributed by atoms with Gasteiger partial charge in [0.25, 0.3) is 11.8 Å². The molecule has 0 radical (unpaired) electrons. The van der Waals surface area contributed by atoms with Gasteiger partial charge in [0.2, 0.25) is 11.8 Å². The maximum atomic E-state index is 13.7. The minimum Gasteiger partial charge on any atom is -0.481 e. The molecule has 3 aliphatic heterocycles. The molecule has 5 rings (SSSR count). The van der Waals surface area contributed by atoms with Gasteiger partial charge in [-0.2, -0.15) is 0 Å². The molecule has 14 nitrogen and oxygen atoms in total. The van der Waals surface area contributed by atoms with Crippen molar-refractivity contribution in [3.8, 4) is 0 Å². The summed E-state index contributed by atoms with van der Waals surface area (Å²) >= 11 is 0. The van der Waals surface area contributed by atoms with E-state index in [4.69, 9.17) is 15.0 Å². The zero-order valence-electron chi connectivity index (χ0n) is 22.3. The highest BCUT2D eigenvalue weighted by Gasteiger charge is 2.42. The number of benzene rings is 2. The van der Waals surface area contributed by atoms with Crippen molar-refractivity contribution in [3.05, 3.63) is 58.7 Å². The van der Waals surface area contributed by atoms with Crippen LogP contribution in [0, 0.1) is 0 Å². The third kappa shape index (κ3) is 6.16. The highest BCUT2D eigenvalue weighted by molar-refractivity contribution is 6.62. The summed E-state index contributed by atoms with van der Waals surface area (Å²) < 4.78 is 10.4. The summed E-state index contributed by atoms with van der Waals surface area (Å²) in [7, 11) is -2.34. The average molecular weight is 578 g/mol. The number of carboxylic acids is 1. The Kier molecular flexibility index (Phi) is 8.31. The molecule has 218 valence electrons. The van der Waals surface area contributed by atoms with Gasteiger partial charge in [0.1, 0.15) is 6.04 Å². The molecule has 0 spiro atoms. The third-order valence-corrected chi connectivity index (χ3v) is 7.54. The fraction of sp³-hybridized carbons (Fsp3) is 0.346. The molecule has 0 unspecified atom stereocenters. The highest BCUT2D eigenvalue weighted by atomic mass is 16.5. The zero-order valence-corrected chi connectivity index (χ0v) is 22.3. The van der Waals surface area contributed by atoms with Gasteiger partial charge in [-0.25, -0.2) is 0 Å². The number of nitrogens with one attached hydrogen (secondary N) is 2. The van der Waals surface area contributed by atoms with Crippen LogP contribution in [-0.4, -0.2) is 88.6 Å². The Morgan fingerprint density at radius 1 is 0.952 bits per heavy atom. The number of aliphatic carboxylic acids is 1. The molecular formula is C26H28B2N4O10. The quantitative estimate of drug-likeness (QED) is 0.166. The molecular weight excluding hydrogens is 550 g/mol. The molecule has 0 aliphatic carbocycles. The van der Waals surface area contributed by atoms with Crippen molar-refractivity contribution in [1.29, 1.82) is 0 Å². The van der Waals surface area contributed by atoms with E-state index in [1.54, 1.807) is 24.3 Å². The predicted molar refractivity (Wildman–Crippen MR) is 146 cm³/mol. The number of hydrogen-bond donors (Lipinski definition) is 6. The van der Waals surface area contributed by atoms with Gasteiger partial charge in [-0.3, -0.25) is 24.0 Å². The lowest BCUT2D eigenvalue weighted by atomic mass is 9.78. The number of nitrogens with two attached hydrogens (primary N) is 1. The van der Waals surface area contributed by atoms with Crippen LogP contribution in [0.5, 0.6) is 0 Å². The molecule has 2 aromatic rings. The van der Waals surface area contributed by atoms with Crippen LogP contribution in [0.4, 0.5) is 0 Å². The second-order valence-corrected chi connectivity index (χ2v) is 10.5. The maximum Gasteiger partial charge on any atom is 0.491 e. The van der Waals surface area contributed by atoms with Crippen LogP contribution in [0.25, 0.3) is 0 Å². The Balaban J connectivity index is 1.37. The molecule has 3 atom stereocenters. The van der Waals surface area contributed by atoms with Crippen molar-refractivity contribution in [1.82, 2.24) is 15.5 Å². The second-order valence-electron chi connectivity index (χ2n) is 10.5.